The Morgan fingerprint density at radius 1 is 1.20 bits per heavy atom. The van der Waals surface area contributed by atoms with Crippen LogP contribution < -0.4 is 10.2 Å². The molecule has 1 aliphatic carbocycles. The second-order valence-corrected chi connectivity index (χ2v) is 9.18. The number of carbonyl (C=O) groups excluding carboxylic acids is 2. The summed E-state index contributed by atoms with van der Waals surface area (Å²) in [6, 6.07) is 13.1. The van der Waals surface area contributed by atoms with Gasteiger partial charge in [0.05, 0.1) is 5.69 Å². The molecular formula is C23H20ClN3O2S. The fourth-order valence-corrected chi connectivity index (χ4v) is 4.82. The van der Waals surface area contributed by atoms with E-state index in [1.165, 1.54) is 16.9 Å². The number of amides is 2. The molecular weight excluding hydrogens is 418 g/mol. The van der Waals surface area contributed by atoms with E-state index in [9.17, 15) is 9.59 Å². The maximum atomic E-state index is 12.6. The fraction of sp³-hybridized carbons (Fsp3) is 0.261. The van der Waals surface area contributed by atoms with Crippen molar-refractivity contribution in [3.8, 4) is 11.3 Å². The highest BCUT2D eigenvalue weighted by atomic mass is 35.5. The van der Waals surface area contributed by atoms with E-state index in [1.54, 1.807) is 24.3 Å². The van der Waals surface area contributed by atoms with Crippen LogP contribution in [0.1, 0.15) is 35.7 Å². The van der Waals surface area contributed by atoms with Crippen LogP contribution >= 0.6 is 22.9 Å². The zero-order valence-corrected chi connectivity index (χ0v) is 18.0. The molecule has 7 heteroatoms. The Labute approximate surface area is 183 Å². The van der Waals surface area contributed by atoms with Gasteiger partial charge in [-0.15, -0.1) is 11.3 Å². The molecule has 2 heterocycles. The van der Waals surface area contributed by atoms with Crippen LogP contribution in [0.3, 0.4) is 0 Å². The Bertz CT molecular complexity index is 1150. The summed E-state index contributed by atoms with van der Waals surface area (Å²) in [5.74, 6) is 0.228. The van der Waals surface area contributed by atoms with Crippen LogP contribution in [0.15, 0.2) is 47.8 Å². The number of halogens is 1. The van der Waals surface area contributed by atoms with Crippen LogP contribution in [0.4, 0.5) is 10.8 Å². The van der Waals surface area contributed by atoms with Crippen molar-refractivity contribution in [3.63, 3.8) is 0 Å². The van der Waals surface area contributed by atoms with Crippen LogP contribution in [0.25, 0.3) is 11.3 Å². The third-order valence-corrected chi connectivity index (χ3v) is 6.56. The number of anilines is 2. The predicted molar refractivity (Wildman–Crippen MR) is 120 cm³/mol. The highest BCUT2D eigenvalue weighted by Crippen LogP contribution is 2.40. The summed E-state index contributed by atoms with van der Waals surface area (Å²) < 4.78 is 0. The van der Waals surface area contributed by atoms with Crippen molar-refractivity contribution in [1.82, 2.24) is 4.98 Å². The largest absolute Gasteiger partial charge is 0.309 e. The number of rotatable bonds is 4. The molecule has 5 nitrogen and oxygen atoms in total. The van der Waals surface area contributed by atoms with Gasteiger partial charge in [-0.3, -0.25) is 14.9 Å². The minimum absolute atomic E-state index is 0.186. The zero-order valence-electron chi connectivity index (χ0n) is 16.4. The van der Waals surface area contributed by atoms with E-state index in [0.29, 0.717) is 15.7 Å². The van der Waals surface area contributed by atoms with Crippen molar-refractivity contribution in [2.24, 2.45) is 5.92 Å². The van der Waals surface area contributed by atoms with Gasteiger partial charge in [-0.25, -0.2) is 4.98 Å². The SMILES string of the molecule is CC1Cc2cc(-c3csc(NC(=O)c4cccc(Cl)c4)n3)ccc2N1C(=O)C1CC1. The normalized spacial score (nSPS) is 17.7. The molecule has 152 valence electrons. The summed E-state index contributed by atoms with van der Waals surface area (Å²) in [5.41, 5.74) is 4.48. The first kappa shape index (κ1) is 19.3. The van der Waals surface area contributed by atoms with E-state index in [2.05, 4.69) is 23.3 Å². The topological polar surface area (TPSA) is 62.3 Å². The van der Waals surface area contributed by atoms with Gasteiger partial charge in [0.25, 0.3) is 5.91 Å². The number of thiazole rings is 1. The van der Waals surface area contributed by atoms with Crippen molar-refractivity contribution in [2.75, 3.05) is 10.2 Å². The molecule has 1 aliphatic heterocycles. The molecule has 0 saturated heterocycles. The summed E-state index contributed by atoms with van der Waals surface area (Å²) in [5, 5.41) is 5.82. The van der Waals surface area contributed by atoms with Crippen molar-refractivity contribution in [3.05, 3.63) is 64.0 Å². The second kappa shape index (κ2) is 7.52. The van der Waals surface area contributed by atoms with Gasteiger partial charge in [0.2, 0.25) is 5.91 Å². The molecule has 0 spiro atoms. The molecule has 3 aromatic rings. The summed E-state index contributed by atoms with van der Waals surface area (Å²) in [7, 11) is 0. The van der Waals surface area contributed by atoms with Crippen molar-refractivity contribution in [1.29, 1.82) is 0 Å². The summed E-state index contributed by atoms with van der Waals surface area (Å²) in [4.78, 5) is 31.6. The van der Waals surface area contributed by atoms with Gasteiger partial charge in [0.1, 0.15) is 0 Å². The van der Waals surface area contributed by atoms with Gasteiger partial charge in [-0.2, -0.15) is 0 Å². The first-order valence-electron chi connectivity index (χ1n) is 9.98. The van der Waals surface area contributed by atoms with Gasteiger partial charge in [0, 0.05) is 39.2 Å². The first-order valence-corrected chi connectivity index (χ1v) is 11.2. The molecule has 1 fully saturated rings. The molecule has 5 rings (SSSR count). The molecule has 2 amide bonds. The Balaban J connectivity index is 1.35. The number of nitrogens with one attached hydrogen (secondary N) is 1. The lowest BCUT2D eigenvalue weighted by atomic mass is 10.1. The monoisotopic (exact) mass is 437 g/mol. The van der Waals surface area contributed by atoms with Crippen molar-refractivity contribution < 1.29 is 9.59 Å². The number of nitrogens with zero attached hydrogens (tertiary/aromatic N) is 2. The van der Waals surface area contributed by atoms with Gasteiger partial charge >= 0.3 is 0 Å². The van der Waals surface area contributed by atoms with Crippen LogP contribution in [0.5, 0.6) is 0 Å². The van der Waals surface area contributed by atoms with Gasteiger partial charge < -0.3 is 4.90 Å². The maximum absolute atomic E-state index is 12.6. The standard InChI is InChI=1S/C23H20ClN3O2S/c1-13-9-17-10-15(7-8-20(17)27(13)22(29)14-5-6-14)19-12-30-23(25-19)26-21(28)16-3-2-4-18(24)11-16/h2-4,7-8,10-14H,5-6,9H2,1H3,(H,25,26,28). The van der Waals surface area contributed by atoms with Gasteiger partial charge in [0.15, 0.2) is 5.13 Å². The average Bonchev–Trinajstić information content (AvgIpc) is 3.39. The zero-order chi connectivity index (χ0) is 20.8. The van der Waals surface area contributed by atoms with Crippen molar-refractivity contribution in [2.45, 2.75) is 32.2 Å². The molecule has 1 saturated carbocycles. The van der Waals surface area contributed by atoms with Crippen LogP contribution in [0, 0.1) is 5.92 Å². The number of hydrogen-bond donors (Lipinski definition) is 1. The lowest BCUT2D eigenvalue weighted by molar-refractivity contribution is -0.120. The third-order valence-electron chi connectivity index (χ3n) is 5.57. The van der Waals surface area contributed by atoms with E-state index >= 15 is 0 Å². The second-order valence-electron chi connectivity index (χ2n) is 7.88. The minimum Gasteiger partial charge on any atom is -0.309 e. The first-order chi connectivity index (χ1) is 14.5. The third kappa shape index (κ3) is 3.61. The van der Waals surface area contributed by atoms with Crippen LogP contribution in [-0.4, -0.2) is 22.8 Å². The Kier molecular flexibility index (Phi) is 4.83. The van der Waals surface area contributed by atoms with E-state index in [-0.39, 0.29) is 23.8 Å². The van der Waals surface area contributed by atoms with E-state index in [1.807, 2.05) is 22.4 Å². The number of aromatic nitrogens is 1. The highest BCUT2D eigenvalue weighted by molar-refractivity contribution is 7.14. The molecule has 1 N–H and O–H groups in total. The van der Waals surface area contributed by atoms with Crippen LogP contribution in [-0.2, 0) is 11.2 Å². The number of hydrogen-bond acceptors (Lipinski definition) is 4. The molecule has 1 aromatic heterocycles. The molecule has 1 atom stereocenters. The Morgan fingerprint density at radius 3 is 2.80 bits per heavy atom. The minimum atomic E-state index is -0.240. The number of carbonyl (C=O) groups is 2. The lowest BCUT2D eigenvalue weighted by Crippen LogP contribution is -2.36. The Morgan fingerprint density at radius 2 is 2.03 bits per heavy atom. The van der Waals surface area contributed by atoms with Gasteiger partial charge in [-0.1, -0.05) is 23.7 Å². The molecule has 0 radical (unpaired) electrons. The maximum Gasteiger partial charge on any atom is 0.257 e. The molecule has 2 aliphatic rings. The van der Waals surface area contributed by atoms with Gasteiger partial charge in [-0.05, 0) is 62.1 Å². The van der Waals surface area contributed by atoms with Crippen LogP contribution in [0.2, 0.25) is 5.02 Å². The summed E-state index contributed by atoms with van der Waals surface area (Å²) >= 11 is 7.35. The van der Waals surface area contributed by atoms with E-state index in [4.69, 9.17) is 11.6 Å². The quantitative estimate of drug-likeness (QED) is 0.594. The lowest BCUT2D eigenvalue weighted by Gasteiger charge is -2.22. The van der Waals surface area contributed by atoms with E-state index in [0.717, 1.165) is 36.2 Å². The Hall–Kier alpha value is -2.70. The fourth-order valence-electron chi connectivity index (χ4n) is 3.92. The van der Waals surface area contributed by atoms with E-state index < -0.39 is 0 Å². The summed E-state index contributed by atoms with van der Waals surface area (Å²) in [6.07, 6.45) is 2.88. The number of benzene rings is 2. The molecule has 30 heavy (non-hydrogen) atoms. The molecule has 1 unspecified atom stereocenters. The summed E-state index contributed by atoms with van der Waals surface area (Å²) in [6.45, 7) is 2.10. The molecule has 2 aromatic carbocycles. The highest BCUT2D eigenvalue weighted by Gasteiger charge is 2.39. The number of fused-ring (bicyclic) bond motifs is 1. The van der Waals surface area contributed by atoms with Crippen molar-refractivity contribution >= 4 is 45.6 Å². The predicted octanol–water partition coefficient (Wildman–Crippen LogP) is 5.40. The average molecular weight is 438 g/mol. The smallest absolute Gasteiger partial charge is 0.257 e. The molecule has 0 bridgehead atoms.